The fourth-order valence-corrected chi connectivity index (χ4v) is 2.73. The molecule has 2 rings (SSSR count). The maximum atomic E-state index is 12.3. The van der Waals surface area contributed by atoms with Crippen LogP contribution in [0, 0.1) is 0 Å². The van der Waals surface area contributed by atoms with Gasteiger partial charge in [-0.3, -0.25) is 14.5 Å². The second-order valence-electron chi connectivity index (χ2n) is 5.74. The number of amides is 1. The predicted molar refractivity (Wildman–Crippen MR) is 81.8 cm³/mol. The fourth-order valence-electron chi connectivity index (χ4n) is 2.73. The third-order valence-corrected chi connectivity index (χ3v) is 3.98. The minimum absolute atomic E-state index is 0.0556. The second kappa shape index (κ2) is 8.05. The smallest absolute Gasteiger partial charge is 0.387 e. The number of benzene rings is 1. The lowest BCUT2D eigenvalue weighted by Gasteiger charge is -2.24. The van der Waals surface area contributed by atoms with Gasteiger partial charge in [-0.05, 0) is 37.1 Å². The van der Waals surface area contributed by atoms with Crippen LogP contribution in [0.25, 0.3) is 0 Å². The van der Waals surface area contributed by atoms with Crippen molar-refractivity contribution in [3.63, 3.8) is 0 Å². The van der Waals surface area contributed by atoms with Crippen LogP contribution in [-0.2, 0) is 16.1 Å². The van der Waals surface area contributed by atoms with Gasteiger partial charge in [-0.2, -0.15) is 8.78 Å². The average Bonchev–Trinajstić information content (AvgIpc) is 2.97. The van der Waals surface area contributed by atoms with E-state index >= 15 is 0 Å². The first kappa shape index (κ1) is 18.1. The summed E-state index contributed by atoms with van der Waals surface area (Å²) in [5, 5.41) is 9.13. The molecule has 0 radical (unpaired) electrons. The topological polar surface area (TPSA) is 70.1 Å². The van der Waals surface area contributed by atoms with E-state index in [1.807, 2.05) is 0 Å². The van der Waals surface area contributed by atoms with E-state index in [1.165, 1.54) is 17.0 Å². The molecule has 1 aromatic carbocycles. The summed E-state index contributed by atoms with van der Waals surface area (Å²) in [5.74, 6) is -1.03. The van der Waals surface area contributed by atoms with Gasteiger partial charge in [0.1, 0.15) is 11.8 Å². The van der Waals surface area contributed by atoms with Gasteiger partial charge in [0.15, 0.2) is 0 Å². The molecule has 1 amide bonds. The summed E-state index contributed by atoms with van der Waals surface area (Å²) in [6.07, 6.45) is 1.32. The van der Waals surface area contributed by atoms with Gasteiger partial charge < -0.3 is 14.7 Å². The third kappa shape index (κ3) is 4.89. The Labute approximate surface area is 138 Å². The minimum Gasteiger partial charge on any atom is -0.480 e. The number of alkyl halides is 2. The van der Waals surface area contributed by atoms with Crippen LogP contribution in [0.3, 0.4) is 0 Å². The molecule has 0 spiro atoms. The molecule has 1 fully saturated rings. The molecule has 1 atom stereocenters. The van der Waals surface area contributed by atoms with E-state index in [4.69, 9.17) is 5.11 Å². The zero-order valence-electron chi connectivity index (χ0n) is 13.3. The van der Waals surface area contributed by atoms with Crippen LogP contribution in [0.15, 0.2) is 24.3 Å². The molecule has 1 saturated heterocycles. The monoisotopic (exact) mass is 342 g/mol. The number of nitrogens with zero attached hydrogens (tertiary/aromatic N) is 2. The zero-order valence-corrected chi connectivity index (χ0v) is 13.3. The lowest BCUT2D eigenvalue weighted by atomic mass is 10.2. The number of ether oxygens (including phenoxy) is 1. The molecule has 0 bridgehead atoms. The molecule has 132 valence electrons. The van der Waals surface area contributed by atoms with Gasteiger partial charge in [0.05, 0.1) is 6.54 Å². The molecule has 1 heterocycles. The molecular formula is C16H20F2N2O4. The second-order valence-corrected chi connectivity index (χ2v) is 5.74. The number of rotatable bonds is 7. The Morgan fingerprint density at radius 1 is 1.38 bits per heavy atom. The van der Waals surface area contributed by atoms with E-state index in [9.17, 15) is 18.4 Å². The third-order valence-electron chi connectivity index (χ3n) is 3.98. The van der Waals surface area contributed by atoms with E-state index in [-0.39, 0.29) is 18.2 Å². The minimum atomic E-state index is -2.87. The molecule has 1 aliphatic rings. The summed E-state index contributed by atoms with van der Waals surface area (Å²) in [6, 6.07) is 5.45. The highest BCUT2D eigenvalue weighted by Gasteiger charge is 2.32. The Bertz CT molecular complexity index is 580. The van der Waals surface area contributed by atoms with Crippen LogP contribution in [0.5, 0.6) is 5.75 Å². The number of halogens is 2. The van der Waals surface area contributed by atoms with Crippen molar-refractivity contribution in [2.45, 2.75) is 32.0 Å². The van der Waals surface area contributed by atoms with Crippen molar-refractivity contribution >= 4 is 11.9 Å². The quantitative estimate of drug-likeness (QED) is 0.818. The number of likely N-dealkylation sites (tertiary alicyclic amines) is 1. The van der Waals surface area contributed by atoms with Crippen molar-refractivity contribution in [3.05, 3.63) is 29.8 Å². The van der Waals surface area contributed by atoms with Crippen molar-refractivity contribution in [2.24, 2.45) is 0 Å². The Balaban J connectivity index is 1.88. The predicted octanol–water partition coefficient (Wildman–Crippen LogP) is 1.80. The first-order chi connectivity index (χ1) is 11.4. The lowest BCUT2D eigenvalue weighted by Crippen LogP contribution is -2.43. The molecule has 6 nitrogen and oxygen atoms in total. The first-order valence-electron chi connectivity index (χ1n) is 7.61. The van der Waals surface area contributed by atoms with Crippen molar-refractivity contribution in [2.75, 3.05) is 20.1 Å². The standard InChI is InChI=1S/C16H20F2N2O4/c1-19(9-11-4-6-12(7-5-11)24-16(17)18)14(21)10-20-8-2-3-13(20)15(22)23/h4-7,13,16H,2-3,8-10H2,1H3,(H,22,23)/t13-/m0/s1. The summed E-state index contributed by atoms with van der Waals surface area (Å²) in [6.45, 7) is -1.92. The Morgan fingerprint density at radius 2 is 2.04 bits per heavy atom. The number of carboxylic acids is 1. The molecular weight excluding hydrogens is 322 g/mol. The fraction of sp³-hybridized carbons (Fsp3) is 0.500. The van der Waals surface area contributed by atoms with Gasteiger partial charge in [-0.1, -0.05) is 12.1 Å². The van der Waals surface area contributed by atoms with Gasteiger partial charge in [0, 0.05) is 13.6 Å². The maximum Gasteiger partial charge on any atom is 0.387 e. The van der Waals surface area contributed by atoms with Crippen molar-refractivity contribution in [1.82, 2.24) is 9.80 Å². The van der Waals surface area contributed by atoms with Crippen LogP contribution >= 0.6 is 0 Å². The number of carboxylic acid groups (broad SMARTS) is 1. The van der Waals surface area contributed by atoms with Crippen LogP contribution in [-0.4, -0.2) is 59.6 Å². The van der Waals surface area contributed by atoms with Crippen LogP contribution in [0.4, 0.5) is 8.78 Å². The maximum absolute atomic E-state index is 12.3. The largest absolute Gasteiger partial charge is 0.480 e. The number of aliphatic carboxylic acids is 1. The molecule has 0 saturated carbocycles. The Hall–Kier alpha value is -2.22. The average molecular weight is 342 g/mol. The summed E-state index contributed by atoms with van der Waals surface area (Å²) in [5.41, 5.74) is 0.767. The molecule has 1 aliphatic heterocycles. The number of hydrogen-bond acceptors (Lipinski definition) is 4. The molecule has 1 N–H and O–H groups in total. The van der Waals surface area contributed by atoms with Crippen LogP contribution in [0.1, 0.15) is 18.4 Å². The molecule has 24 heavy (non-hydrogen) atoms. The molecule has 8 heteroatoms. The van der Waals surface area contributed by atoms with Crippen molar-refractivity contribution in [3.8, 4) is 5.75 Å². The van der Waals surface area contributed by atoms with E-state index in [2.05, 4.69) is 4.74 Å². The zero-order chi connectivity index (χ0) is 17.7. The molecule has 0 aliphatic carbocycles. The van der Waals surface area contributed by atoms with E-state index in [1.54, 1.807) is 24.1 Å². The number of carbonyl (C=O) groups is 2. The van der Waals surface area contributed by atoms with Gasteiger partial charge in [0.25, 0.3) is 0 Å². The number of carbonyl (C=O) groups excluding carboxylic acids is 1. The van der Waals surface area contributed by atoms with E-state index in [0.29, 0.717) is 19.5 Å². The summed E-state index contributed by atoms with van der Waals surface area (Å²) < 4.78 is 28.5. The van der Waals surface area contributed by atoms with Gasteiger partial charge >= 0.3 is 12.6 Å². The lowest BCUT2D eigenvalue weighted by molar-refractivity contribution is -0.143. The number of hydrogen-bond donors (Lipinski definition) is 1. The number of likely N-dealkylation sites (N-methyl/N-ethyl adjacent to an activating group) is 1. The summed E-state index contributed by atoms with van der Waals surface area (Å²) in [7, 11) is 1.62. The van der Waals surface area contributed by atoms with Gasteiger partial charge in [-0.15, -0.1) is 0 Å². The molecule has 1 aromatic rings. The Kier molecular flexibility index (Phi) is 6.08. The van der Waals surface area contributed by atoms with E-state index in [0.717, 1.165) is 12.0 Å². The SMILES string of the molecule is CN(Cc1ccc(OC(F)F)cc1)C(=O)CN1CCC[C@H]1C(=O)O. The Morgan fingerprint density at radius 3 is 2.62 bits per heavy atom. The normalized spacial score (nSPS) is 17.9. The highest BCUT2D eigenvalue weighted by atomic mass is 19.3. The van der Waals surface area contributed by atoms with E-state index < -0.39 is 18.6 Å². The van der Waals surface area contributed by atoms with Crippen LogP contribution < -0.4 is 4.74 Å². The van der Waals surface area contributed by atoms with Gasteiger partial charge in [0.2, 0.25) is 5.91 Å². The first-order valence-corrected chi connectivity index (χ1v) is 7.61. The van der Waals surface area contributed by atoms with Crippen molar-refractivity contribution in [1.29, 1.82) is 0 Å². The molecule has 0 aromatic heterocycles. The summed E-state index contributed by atoms with van der Waals surface area (Å²) in [4.78, 5) is 26.5. The summed E-state index contributed by atoms with van der Waals surface area (Å²) >= 11 is 0. The highest BCUT2D eigenvalue weighted by molar-refractivity contribution is 5.80. The van der Waals surface area contributed by atoms with Crippen molar-refractivity contribution < 1.29 is 28.2 Å². The highest BCUT2D eigenvalue weighted by Crippen LogP contribution is 2.18. The van der Waals surface area contributed by atoms with Gasteiger partial charge in [-0.25, -0.2) is 0 Å². The van der Waals surface area contributed by atoms with Crippen LogP contribution in [0.2, 0.25) is 0 Å². The molecule has 0 unspecified atom stereocenters.